The van der Waals surface area contributed by atoms with Gasteiger partial charge in [0.1, 0.15) is 12.0 Å². The minimum Gasteiger partial charge on any atom is -0.494 e. The van der Waals surface area contributed by atoms with Crippen LogP contribution in [-0.2, 0) is 4.74 Å². The molecule has 0 saturated heterocycles. The summed E-state index contributed by atoms with van der Waals surface area (Å²) < 4.78 is 10.7. The molecule has 0 aliphatic rings. The van der Waals surface area contributed by atoms with Crippen LogP contribution in [0.4, 0.5) is 0 Å². The first-order valence-electron chi connectivity index (χ1n) is 6.44. The molecule has 3 nitrogen and oxygen atoms in total. The first kappa shape index (κ1) is 13.6. The van der Waals surface area contributed by atoms with Gasteiger partial charge in [-0.3, -0.25) is 4.79 Å². The number of benzene rings is 2. The number of carbonyl (C=O) groups is 1. The third-order valence-corrected chi connectivity index (χ3v) is 2.98. The Hall–Kier alpha value is -1.87. The van der Waals surface area contributed by atoms with Crippen LogP contribution in [0.3, 0.4) is 0 Å². The van der Waals surface area contributed by atoms with Gasteiger partial charge in [-0.1, -0.05) is 18.2 Å². The number of rotatable bonds is 7. The normalized spacial score (nSPS) is 10.6. The topological polar surface area (TPSA) is 35.5 Å². The Morgan fingerprint density at radius 3 is 2.53 bits per heavy atom. The Morgan fingerprint density at radius 1 is 1.00 bits per heavy atom. The quantitative estimate of drug-likeness (QED) is 0.563. The van der Waals surface area contributed by atoms with Crippen molar-refractivity contribution in [3.63, 3.8) is 0 Å². The van der Waals surface area contributed by atoms with Gasteiger partial charge in [-0.2, -0.15) is 0 Å². The van der Waals surface area contributed by atoms with Crippen LogP contribution < -0.4 is 4.74 Å². The molecular weight excluding hydrogens is 240 g/mol. The summed E-state index contributed by atoms with van der Waals surface area (Å²) in [6, 6.07) is 11.6. The van der Waals surface area contributed by atoms with Gasteiger partial charge in [0, 0.05) is 19.3 Å². The van der Waals surface area contributed by atoms with Crippen molar-refractivity contribution in [2.45, 2.75) is 12.8 Å². The van der Waals surface area contributed by atoms with E-state index >= 15 is 0 Å². The van der Waals surface area contributed by atoms with E-state index in [1.165, 1.54) is 0 Å². The molecule has 2 rings (SSSR count). The Morgan fingerprint density at radius 2 is 1.74 bits per heavy atom. The minimum atomic E-state index is 0.695. The predicted molar refractivity (Wildman–Crippen MR) is 75.9 cm³/mol. The van der Waals surface area contributed by atoms with Gasteiger partial charge in [-0.25, -0.2) is 0 Å². The van der Waals surface area contributed by atoms with Crippen LogP contribution in [0.5, 0.6) is 5.75 Å². The summed E-state index contributed by atoms with van der Waals surface area (Å²) in [7, 11) is 1.71. The average molecular weight is 258 g/mol. The van der Waals surface area contributed by atoms with Gasteiger partial charge in [0.2, 0.25) is 0 Å². The van der Waals surface area contributed by atoms with E-state index in [1.807, 2.05) is 36.4 Å². The van der Waals surface area contributed by atoms with Crippen LogP contribution in [0.1, 0.15) is 23.2 Å². The van der Waals surface area contributed by atoms with Crippen LogP contribution in [0, 0.1) is 0 Å². The van der Waals surface area contributed by atoms with Crippen molar-refractivity contribution < 1.29 is 14.3 Å². The number of fused-ring (bicyclic) bond motifs is 1. The van der Waals surface area contributed by atoms with Crippen molar-refractivity contribution in [3.05, 3.63) is 42.0 Å². The molecule has 2 aromatic rings. The molecular formula is C16H18O3. The summed E-state index contributed by atoms with van der Waals surface area (Å²) in [6.07, 6.45) is 2.85. The van der Waals surface area contributed by atoms with Crippen molar-refractivity contribution >= 4 is 17.1 Å². The SMILES string of the molecule is COCCCCOc1ccc2cc(C=O)ccc2c1. The molecule has 2 aromatic carbocycles. The number of hydrogen-bond donors (Lipinski definition) is 0. The first-order valence-corrected chi connectivity index (χ1v) is 6.44. The van der Waals surface area contributed by atoms with Crippen molar-refractivity contribution in [2.75, 3.05) is 20.3 Å². The van der Waals surface area contributed by atoms with Crippen molar-refractivity contribution in [1.29, 1.82) is 0 Å². The highest BCUT2D eigenvalue weighted by Crippen LogP contribution is 2.21. The van der Waals surface area contributed by atoms with Crippen LogP contribution >= 0.6 is 0 Å². The Labute approximate surface area is 113 Å². The molecule has 0 radical (unpaired) electrons. The number of unbranched alkanes of at least 4 members (excludes halogenated alkanes) is 1. The zero-order chi connectivity index (χ0) is 13.5. The van der Waals surface area contributed by atoms with Gasteiger partial charge >= 0.3 is 0 Å². The lowest BCUT2D eigenvalue weighted by molar-refractivity contribution is 0.112. The van der Waals surface area contributed by atoms with Crippen LogP contribution in [-0.4, -0.2) is 26.6 Å². The number of ether oxygens (including phenoxy) is 2. The van der Waals surface area contributed by atoms with E-state index in [2.05, 4.69) is 0 Å². The zero-order valence-corrected chi connectivity index (χ0v) is 11.1. The van der Waals surface area contributed by atoms with Crippen LogP contribution in [0.15, 0.2) is 36.4 Å². The fourth-order valence-corrected chi connectivity index (χ4v) is 1.94. The summed E-state index contributed by atoms with van der Waals surface area (Å²) in [5.41, 5.74) is 0.695. The molecule has 0 aromatic heterocycles. The fraction of sp³-hybridized carbons (Fsp3) is 0.312. The highest BCUT2D eigenvalue weighted by Gasteiger charge is 1.99. The third-order valence-electron chi connectivity index (χ3n) is 2.98. The van der Waals surface area contributed by atoms with E-state index in [0.717, 1.165) is 42.3 Å². The average Bonchev–Trinajstić information content (AvgIpc) is 2.46. The third kappa shape index (κ3) is 3.80. The standard InChI is InChI=1S/C16H18O3/c1-18-8-2-3-9-19-16-7-6-14-10-13(12-17)4-5-15(14)11-16/h4-7,10-12H,2-3,8-9H2,1H3. The second kappa shape index (κ2) is 6.90. The molecule has 0 fully saturated rings. The highest BCUT2D eigenvalue weighted by atomic mass is 16.5. The van der Waals surface area contributed by atoms with Crippen molar-refractivity contribution in [1.82, 2.24) is 0 Å². The molecule has 0 aliphatic heterocycles. The zero-order valence-electron chi connectivity index (χ0n) is 11.1. The molecule has 0 N–H and O–H groups in total. The van der Waals surface area contributed by atoms with E-state index in [1.54, 1.807) is 7.11 Å². The summed E-state index contributed by atoms with van der Waals surface area (Å²) in [5.74, 6) is 0.865. The summed E-state index contributed by atoms with van der Waals surface area (Å²) in [6.45, 7) is 1.47. The summed E-state index contributed by atoms with van der Waals surface area (Å²) in [4.78, 5) is 10.7. The number of hydrogen-bond acceptors (Lipinski definition) is 3. The molecule has 0 unspecified atom stereocenters. The van der Waals surface area contributed by atoms with Gasteiger partial charge in [0.05, 0.1) is 6.61 Å². The highest BCUT2D eigenvalue weighted by molar-refractivity contribution is 5.89. The summed E-state index contributed by atoms with van der Waals surface area (Å²) >= 11 is 0. The maximum atomic E-state index is 10.7. The molecule has 3 heteroatoms. The van der Waals surface area contributed by atoms with E-state index < -0.39 is 0 Å². The number of carbonyl (C=O) groups excluding carboxylic acids is 1. The molecule has 100 valence electrons. The van der Waals surface area contributed by atoms with E-state index in [9.17, 15) is 4.79 Å². The monoisotopic (exact) mass is 258 g/mol. The van der Waals surface area contributed by atoms with E-state index in [0.29, 0.717) is 12.2 Å². The van der Waals surface area contributed by atoms with Gasteiger partial charge in [0.25, 0.3) is 0 Å². The smallest absolute Gasteiger partial charge is 0.150 e. The molecule has 0 bridgehead atoms. The lowest BCUT2D eigenvalue weighted by Gasteiger charge is -2.07. The molecule has 19 heavy (non-hydrogen) atoms. The van der Waals surface area contributed by atoms with E-state index in [4.69, 9.17) is 9.47 Å². The first-order chi connectivity index (χ1) is 9.33. The van der Waals surface area contributed by atoms with Gasteiger partial charge < -0.3 is 9.47 Å². The van der Waals surface area contributed by atoms with Crippen LogP contribution in [0.2, 0.25) is 0 Å². The van der Waals surface area contributed by atoms with Crippen LogP contribution in [0.25, 0.3) is 10.8 Å². The second-order valence-corrected chi connectivity index (χ2v) is 4.43. The Balaban J connectivity index is 1.99. The van der Waals surface area contributed by atoms with Gasteiger partial charge in [-0.05, 0) is 41.8 Å². The molecule has 0 heterocycles. The predicted octanol–water partition coefficient (Wildman–Crippen LogP) is 3.46. The number of methoxy groups -OCH3 is 1. The van der Waals surface area contributed by atoms with E-state index in [-0.39, 0.29) is 0 Å². The Kier molecular flexibility index (Phi) is 4.93. The summed E-state index contributed by atoms with van der Waals surface area (Å²) in [5, 5.41) is 2.14. The second-order valence-electron chi connectivity index (χ2n) is 4.43. The Bertz CT molecular complexity index is 549. The fourth-order valence-electron chi connectivity index (χ4n) is 1.94. The maximum absolute atomic E-state index is 10.7. The minimum absolute atomic E-state index is 0.695. The van der Waals surface area contributed by atoms with Crippen molar-refractivity contribution in [3.8, 4) is 5.75 Å². The lowest BCUT2D eigenvalue weighted by Crippen LogP contribution is -1.99. The lowest BCUT2D eigenvalue weighted by atomic mass is 10.1. The van der Waals surface area contributed by atoms with Gasteiger partial charge in [0.15, 0.2) is 0 Å². The molecule has 0 amide bonds. The number of aldehydes is 1. The van der Waals surface area contributed by atoms with Gasteiger partial charge in [-0.15, -0.1) is 0 Å². The van der Waals surface area contributed by atoms with Crippen molar-refractivity contribution in [2.24, 2.45) is 0 Å². The molecule has 0 spiro atoms. The molecule has 0 atom stereocenters. The molecule has 0 aliphatic carbocycles. The molecule has 0 saturated carbocycles. The largest absolute Gasteiger partial charge is 0.494 e. The maximum Gasteiger partial charge on any atom is 0.150 e.